The quantitative estimate of drug-likeness (QED) is 0.498. The Hall–Kier alpha value is -2.87. The lowest BCUT2D eigenvalue weighted by molar-refractivity contribution is -0.124. The lowest BCUT2D eigenvalue weighted by atomic mass is 9.95. The van der Waals surface area contributed by atoms with Gasteiger partial charge in [0, 0.05) is 6.04 Å². The third kappa shape index (κ3) is 6.59. The van der Waals surface area contributed by atoms with E-state index in [2.05, 4.69) is 15.2 Å². The summed E-state index contributed by atoms with van der Waals surface area (Å²) in [4.78, 5) is 14.3. The molecule has 160 valence electrons. The average Bonchev–Trinajstić information content (AvgIpc) is 2.74. The number of rotatable bonds is 8. The Balaban J connectivity index is 1.46. The molecular weight excluding hydrogens is 402 g/mol. The zero-order chi connectivity index (χ0) is 21.4. The highest BCUT2D eigenvalue weighted by atomic mass is 32.2. The highest BCUT2D eigenvalue weighted by molar-refractivity contribution is 7.89. The SMILES string of the molecule is Cc1ccc(S(=O)(=O)N/N=C/c2ccc(OCC(=O)NC3CCCCC3)cc2)cc1. The molecule has 7 nitrogen and oxygen atoms in total. The molecule has 0 aromatic heterocycles. The summed E-state index contributed by atoms with van der Waals surface area (Å²) in [5.74, 6) is 0.448. The number of ether oxygens (including phenoxy) is 1. The van der Waals surface area contributed by atoms with Gasteiger partial charge < -0.3 is 10.1 Å². The van der Waals surface area contributed by atoms with Crippen molar-refractivity contribution in [3.05, 3.63) is 59.7 Å². The summed E-state index contributed by atoms with van der Waals surface area (Å²) < 4.78 is 29.9. The van der Waals surface area contributed by atoms with Crippen LogP contribution in [0.5, 0.6) is 5.75 Å². The van der Waals surface area contributed by atoms with Crippen LogP contribution in [0.15, 0.2) is 58.5 Å². The van der Waals surface area contributed by atoms with Crippen LogP contribution < -0.4 is 14.9 Å². The first-order chi connectivity index (χ1) is 14.4. The summed E-state index contributed by atoms with van der Waals surface area (Å²) in [6.07, 6.45) is 7.05. The first-order valence-corrected chi connectivity index (χ1v) is 11.5. The van der Waals surface area contributed by atoms with Gasteiger partial charge in [0.25, 0.3) is 15.9 Å². The normalized spacial score (nSPS) is 15.1. The number of hydrazone groups is 1. The molecular formula is C22H27N3O4S. The van der Waals surface area contributed by atoms with E-state index in [0.717, 1.165) is 31.2 Å². The van der Waals surface area contributed by atoms with Crippen molar-refractivity contribution in [1.29, 1.82) is 0 Å². The van der Waals surface area contributed by atoms with Crippen molar-refractivity contribution in [2.24, 2.45) is 5.10 Å². The van der Waals surface area contributed by atoms with Crippen LogP contribution in [-0.2, 0) is 14.8 Å². The van der Waals surface area contributed by atoms with E-state index in [1.165, 1.54) is 24.8 Å². The molecule has 2 aromatic carbocycles. The molecule has 30 heavy (non-hydrogen) atoms. The van der Waals surface area contributed by atoms with Crippen LogP contribution in [0.4, 0.5) is 0 Å². The topological polar surface area (TPSA) is 96.9 Å². The maximum absolute atomic E-state index is 12.2. The van der Waals surface area contributed by atoms with E-state index in [4.69, 9.17) is 4.74 Å². The molecule has 1 amide bonds. The third-order valence-corrected chi connectivity index (χ3v) is 6.18. The molecule has 0 saturated heterocycles. The van der Waals surface area contributed by atoms with Crippen molar-refractivity contribution in [1.82, 2.24) is 10.1 Å². The van der Waals surface area contributed by atoms with Crippen molar-refractivity contribution >= 4 is 22.1 Å². The van der Waals surface area contributed by atoms with Gasteiger partial charge >= 0.3 is 0 Å². The van der Waals surface area contributed by atoms with Crippen LogP contribution in [0.2, 0.25) is 0 Å². The van der Waals surface area contributed by atoms with Gasteiger partial charge in [-0.05, 0) is 61.7 Å². The Morgan fingerprint density at radius 3 is 2.40 bits per heavy atom. The molecule has 1 aliphatic rings. The number of carbonyl (C=O) groups is 1. The predicted octanol–water partition coefficient (Wildman–Crippen LogP) is 3.14. The molecule has 3 rings (SSSR count). The van der Waals surface area contributed by atoms with Gasteiger partial charge in [0.15, 0.2) is 6.61 Å². The zero-order valence-electron chi connectivity index (χ0n) is 17.0. The van der Waals surface area contributed by atoms with Gasteiger partial charge in [-0.25, -0.2) is 4.83 Å². The second-order valence-electron chi connectivity index (χ2n) is 7.43. The molecule has 0 radical (unpaired) electrons. The highest BCUT2D eigenvalue weighted by Crippen LogP contribution is 2.17. The molecule has 1 saturated carbocycles. The second-order valence-corrected chi connectivity index (χ2v) is 9.09. The van der Waals surface area contributed by atoms with Gasteiger partial charge in [-0.2, -0.15) is 13.5 Å². The van der Waals surface area contributed by atoms with Crippen molar-refractivity contribution in [2.45, 2.75) is 50.0 Å². The van der Waals surface area contributed by atoms with Gasteiger partial charge in [0.1, 0.15) is 5.75 Å². The number of nitrogens with one attached hydrogen (secondary N) is 2. The summed E-state index contributed by atoms with van der Waals surface area (Å²) in [7, 11) is -3.70. The number of benzene rings is 2. The molecule has 1 aliphatic carbocycles. The van der Waals surface area contributed by atoms with Crippen LogP contribution >= 0.6 is 0 Å². The van der Waals surface area contributed by atoms with E-state index in [1.807, 2.05) is 6.92 Å². The molecule has 0 aliphatic heterocycles. The van der Waals surface area contributed by atoms with Gasteiger partial charge in [0.2, 0.25) is 0 Å². The monoisotopic (exact) mass is 429 g/mol. The number of carbonyl (C=O) groups excluding carboxylic acids is 1. The lowest BCUT2D eigenvalue weighted by Gasteiger charge is -2.22. The van der Waals surface area contributed by atoms with E-state index in [9.17, 15) is 13.2 Å². The lowest BCUT2D eigenvalue weighted by Crippen LogP contribution is -2.38. The Morgan fingerprint density at radius 1 is 1.07 bits per heavy atom. The minimum absolute atomic E-state index is 0.0275. The fourth-order valence-electron chi connectivity index (χ4n) is 3.26. The standard InChI is InChI=1S/C22H27N3O4S/c1-17-7-13-21(14-8-17)30(27,28)25-23-15-18-9-11-20(12-10-18)29-16-22(26)24-19-5-3-2-4-6-19/h7-15,19,25H,2-6,16H2,1H3,(H,24,26)/b23-15+. The van der Waals surface area contributed by atoms with E-state index in [1.54, 1.807) is 36.4 Å². The van der Waals surface area contributed by atoms with Gasteiger partial charge in [-0.1, -0.05) is 37.0 Å². The van der Waals surface area contributed by atoms with Crippen LogP contribution in [0, 0.1) is 6.92 Å². The van der Waals surface area contributed by atoms with Crippen molar-refractivity contribution < 1.29 is 17.9 Å². The van der Waals surface area contributed by atoms with E-state index in [-0.39, 0.29) is 23.5 Å². The van der Waals surface area contributed by atoms with Gasteiger partial charge in [-0.3, -0.25) is 4.79 Å². The molecule has 0 heterocycles. The molecule has 0 atom stereocenters. The number of hydrogen-bond donors (Lipinski definition) is 2. The smallest absolute Gasteiger partial charge is 0.276 e. The minimum atomic E-state index is -3.70. The minimum Gasteiger partial charge on any atom is -0.484 e. The molecule has 2 N–H and O–H groups in total. The fraction of sp³-hybridized carbons (Fsp3) is 0.364. The van der Waals surface area contributed by atoms with Crippen LogP contribution in [-0.4, -0.2) is 33.2 Å². The zero-order valence-corrected chi connectivity index (χ0v) is 17.8. The van der Waals surface area contributed by atoms with Crippen molar-refractivity contribution in [3.8, 4) is 5.75 Å². The Morgan fingerprint density at radius 2 is 1.73 bits per heavy atom. The van der Waals surface area contributed by atoms with Gasteiger partial charge in [0.05, 0.1) is 11.1 Å². The Kier molecular flexibility index (Phi) is 7.46. The average molecular weight is 430 g/mol. The summed E-state index contributed by atoms with van der Waals surface area (Å²) >= 11 is 0. The molecule has 0 unspecified atom stereocenters. The molecule has 2 aromatic rings. The van der Waals surface area contributed by atoms with E-state index in [0.29, 0.717) is 11.3 Å². The summed E-state index contributed by atoms with van der Waals surface area (Å²) in [6, 6.07) is 13.7. The predicted molar refractivity (Wildman–Crippen MR) is 116 cm³/mol. The molecule has 8 heteroatoms. The molecule has 1 fully saturated rings. The van der Waals surface area contributed by atoms with Crippen LogP contribution in [0.3, 0.4) is 0 Å². The van der Waals surface area contributed by atoms with Gasteiger partial charge in [-0.15, -0.1) is 0 Å². The maximum Gasteiger partial charge on any atom is 0.276 e. The van der Waals surface area contributed by atoms with E-state index < -0.39 is 10.0 Å². The van der Waals surface area contributed by atoms with Crippen molar-refractivity contribution in [3.63, 3.8) is 0 Å². The third-order valence-electron chi connectivity index (χ3n) is 4.94. The molecule has 0 spiro atoms. The largest absolute Gasteiger partial charge is 0.484 e. The first-order valence-electron chi connectivity index (χ1n) is 10.1. The summed E-state index contributed by atoms with van der Waals surface area (Å²) in [5.41, 5.74) is 1.67. The summed E-state index contributed by atoms with van der Waals surface area (Å²) in [6.45, 7) is 1.86. The number of hydrogen-bond acceptors (Lipinski definition) is 5. The number of aryl methyl sites for hydroxylation is 1. The number of amides is 1. The second kappa shape index (κ2) is 10.2. The Bertz CT molecular complexity index is 964. The molecule has 0 bridgehead atoms. The van der Waals surface area contributed by atoms with Crippen molar-refractivity contribution in [2.75, 3.05) is 6.61 Å². The van der Waals surface area contributed by atoms with Crippen LogP contribution in [0.25, 0.3) is 0 Å². The van der Waals surface area contributed by atoms with E-state index >= 15 is 0 Å². The number of nitrogens with zero attached hydrogens (tertiary/aromatic N) is 1. The maximum atomic E-state index is 12.2. The fourth-order valence-corrected chi connectivity index (χ4v) is 4.05. The Labute approximate surface area is 177 Å². The first kappa shape index (κ1) is 21.8. The van der Waals surface area contributed by atoms with Crippen LogP contribution in [0.1, 0.15) is 43.2 Å². The number of sulfonamides is 1. The highest BCUT2D eigenvalue weighted by Gasteiger charge is 2.16. The summed E-state index contributed by atoms with van der Waals surface area (Å²) in [5, 5.41) is 6.82.